The molecule has 0 radical (unpaired) electrons. The topological polar surface area (TPSA) is 37.8 Å². The van der Waals surface area contributed by atoms with Crippen LogP contribution in [0.1, 0.15) is 0 Å². The van der Waals surface area contributed by atoms with E-state index < -0.39 is 0 Å². The summed E-state index contributed by atoms with van der Waals surface area (Å²) < 4.78 is 0. The van der Waals surface area contributed by atoms with E-state index in [0.29, 0.717) is 0 Å². The van der Waals surface area contributed by atoms with Crippen molar-refractivity contribution in [2.75, 3.05) is 5.32 Å². The number of hydrogen-bond acceptors (Lipinski definition) is 5. The predicted octanol–water partition coefficient (Wildman–Crippen LogP) is 4.01. The van der Waals surface area contributed by atoms with E-state index in [9.17, 15) is 0 Å². The van der Waals surface area contributed by atoms with Crippen LogP contribution in [0.3, 0.4) is 0 Å². The van der Waals surface area contributed by atoms with Gasteiger partial charge in [0, 0.05) is 22.5 Å². The summed E-state index contributed by atoms with van der Waals surface area (Å²) in [5.74, 6) is 0. The van der Waals surface area contributed by atoms with Crippen LogP contribution in [0, 0.1) is 0 Å². The predicted molar refractivity (Wildman–Crippen MR) is 72.9 cm³/mol. The molecule has 3 nitrogen and oxygen atoms in total. The summed E-state index contributed by atoms with van der Waals surface area (Å²) in [5.41, 5.74) is 2.13. The van der Waals surface area contributed by atoms with Crippen molar-refractivity contribution in [3.05, 3.63) is 47.3 Å². The first-order valence-electron chi connectivity index (χ1n) is 5.09. The van der Waals surface area contributed by atoms with Gasteiger partial charge in [0.25, 0.3) is 0 Å². The van der Waals surface area contributed by atoms with Crippen LogP contribution in [0.25, 0.3) is 11.3 Å². The second-order valence-corrected chi connectivity index (χ2v) is 5.12. The Morgan fingerprint density at radius 3 is 2.65 bits per heavy atom. The summed E-state index contributed by atoms with van der Waals surface area (Å²) in [7, 11) is 0. The number of thiazole rings is 2. The van der Waals surface area contributed by atoms with E-state index in [-0.39, 0.29) is 0 Å². The van der Waals surface area contributed by atoms with Crippen LogP contribution in [0.4, 0.5) is 10.3 Å². The minimum absolute atomic E-state index is 0.874. The van der Waals surface area contributed by atoms with Gasteiger partial charge in [-0.2, -0.15) is 0 Å². The highest BCUT2D eigenvalue weighted by molar-refractivity contribution is 7.16. The lowest BCUT2D eigenvalue weighted by atomic mass is 10.2. The average Bonchev–Trinajstić information content (AvgIpc) is 3.02. The van der Waals surface area contributed by atoms with E-state index in [1.165, 1.54) is 0 Å². The normalized spacial score (nSPS) is 10.4. The number of nitrogens with zero attached hydrogens (tertiary/aromatic N) is 2. The molecule has 0 fully saturated rings. The largest absolute Gasteiger partial charge is 0.307 e. The minimum Gasteiger partial charge on any atom is -0.307 e. The molecule has 0 bridgehead atoms. The van der Waals surface area contributed by atoms with Crippen molar-refractivity contribution in [2.45, 2.75) is 0 Å². The zero-order valence-electron chi connectivity index (χ0n) is 8.83. The first kappa shape index (κ1) is 10.4. The van der Waals surface area contributed by atoms with Crippen molar-refractivity contribution in [2.24, 2.45) is 0 Å². The maximum absolute atomic E-state index is 4.53. The molecule has 0 atom stereocenters. The van der Waals surface area contributed by atoms with Gasteiger partial charge in [-0.25, -0.2) is 9.97 Å². The molecule has 3 aromatic rings. The Balaban J connectivity index is 1.84. The summed E-state index contributed by atoms with van der Waals surface area (Å²) in [4.78, 5) is 8.70. The van der Waals surface area contributed by atoms with E-state index in [4.69, 9.17) is 0 Å². The van der Waals surface area contributed by atoms with E-state index in [1.54, 1.807) is 28.9 Å². The van der Waals surface area contributed by atoms with Gasteiger partial charge in [0.05, 0.1) is 5.69 Å². The molecule has 2 heterocycles. The molecule has 2 aromatic heterocycles. The third kappa shape index (κ3) is 2.35. The Labute approximate surface area is 107 Å². The summed E-state index contributed by atoms with van der Waals surface area (Å²) >= 11 is 3.15. The van der Waals surface area contributed by atoms with Crippen LogP contribution in [0.15, 0.2) is 47.3 Å². The first-order chi connectivity index (χ1) is 8.42. The molecule has 17 heavy (non-hydrogen) atoms. The number of rotatable bonds is 3. The van der Waals surface area contributed by atoms with Gasteiger partial charge in [-0.15, -0.1) is 22.7 Å². The molecule has 0 aliphatic heterocycles. The monoisotopic (exact) mass is 259 g/mol. The van der Waals surface area contributed by atoms with Gasteiger partial charge in [0.1, 0.15) is 0 Å². The fourth-order valence-electron chi connectivity index (χ4n) is 1.45. The summed E-state index contributed by atoms with van der Waals surface area (Å²) in [6, 6.07) is 10.2. The molecule has 0 aliphatic carbocycles. The summed E-state index contributed by atoms with van der Waals surface area (Å²) in [6.07, 6.45) is 1.78. The maximum atomic E-state index is 4.53. The Morgan fingerprint density at radius 1 is 1.00 bits per heavy atom. The van der Waals surface area contributed by atoms with E-state index in [0.717, 1.165) is 21.5 Å². The maximum Gasteiger partial charge on any atom is 0.189 e. The lowest BCUT2D eigenvalue weighted by molar-refractivity contribution is 1.34. The number of benzene rings is 1. The van der Waals surface area contributed by atoms with Gasteiger partial charge < -0.3 is 5.32 Å². The molecule has 0 unspecified atom stereocenters. The molecule has 0 saturated carbocycles. The zero-order chi connectivity index (χ0) is 11.5. The quantitative estimate of drug-likeness (QED) is 0.772. The van der Waals surface area contributed by atoms with Crippen LogP contribution < -0.4 is 5.32 Å². The first-order valence-corrected chi connectivity index (χ1v) is 6.85. The molecule has 84 valence electrons. The Kier molecular flexibility index (Phi) is 2.85. The molecule has 1 aromatic carbocycles. The van der Waals surface area contributed by atoms with Crippen molar-refractivity contribution in [3.63, 3.8) is 0 Å². The molecule has 0 amide bonds. The van der Waals surface area contributed by atoms with Crippen LogP contribution >= 0.6 is 22.7 Å². The van der Waals surface area contributed by atoms with Crippen molar-refractivity contribution in [1.82, 2.24) is 9.97 Å². The van der Waals surface area contributed by atoms with Crippen LogP contribution in [-0.2, 0) is 0 Å². The van der Waals surface area contributed by atoms with Crippen LogP contribution in [-0.4, -0.2) is 9.97 Å². The van der Waals surface area contributed by atoms with Crippen molar-refractivity contribution < 1.29 is 0 Å². The van der Waals surface area contributed by atoms with Crippen LogP contribution in [0.5, 0.6) is 0 Å². The smallest absolute Gasteiger partial charge is 0.189 e. The van der Waals surface area contributed by atoms with Crippen molar-refractivity contribution in [1.29, 1.82) is 0 Å². The highest BCUT2D eigenvalue weighted by Gasteiger charge is 2.04. The Bertz CT molecular complexity index is 587. The average molecular weight is 259 g/mol. The third-order valence-corrected chi connectivity index (χ3v) is 3.67. The molecule has 5 heteroatoms. The standard InChI is InChI=1S/C12H9N3S2/c1-2-4-9(5-3-1)10-8-17-12(14-10)15-11-13-6-7-16-11/h1-8H,(H,13,14,15). The number of anilines is 2. The molecule has 0 saturated heterocycles. The van der Waals surface area contributed by atoms with Crippen LogP contribution in [0.2, 0.25) is 0 Å². The number of aromatic nitrogens is 2. The second-order valence-electron chi connectivity index (χ2n) is 3.37. The fraction of sp³-hybridized carbons (Fsp3) is 0. The number of nitrogens with one attached hydrogen (secondary N) is 1. The molecule has 0 spiro atoms. The summed E-state index contributed by atoms with van der Waals surface area (Å²) in [6.45, 7) is 0. The fourth-order valence-corrected chi connectivity index (χ4v) is 2.76. The van der Waals surface area contributed by atoms with Gasteiger partial charge >= 0.3 is 0 Å². The van der Waals surface area contributed by atoms with Gasteiger partial charge in [0.2, 0.25) is 0 Å². The zero-order valence-corrected chi connectivity index (χ0v) is 10.5. The molecular weight excluding hydrogens is 250 g/mol. The Hall–Kier alpha value is -1.72. The van der Waals surface area contributed by atoms with Gasteiger partial charge in [0.15, 0.2) is 10.3 Å². The van der Waals surface area contributed by atoms with Gasteiger partial charge in [-0.05, 0) is 0 Å². The molecule has 1 N–H and O–H groups in total. The molecule has 3 rings (SSSR count). The summed E-state index contributed by atoms with van der Waals surface area (Å²) in [5, 5.41) is 8.92. The second kappa shape index (κ2) is 4.65. The van der Waals surface area contributed by atoms with Gasteiger partial charge in [-0.3, -0.25) is 0 Å². The molecule has 0 aliphatic rings. The van der Waals surface area contributed by atoms with E-state index in [2.05, 4.69) is 27.4 Å². The minimum atomic E-state index is 0.874. The number of hydrogen-bond donors (Lipinski definition) is 1. The highest BCUT2D eigenvalue weighted by atomic mass is 32.1. The van der Waals surface area contributed by atoms with E-state index in [1.807, 2.05) is 29.0 Å². The van der Waals surface area contributed by atoms with Crippen molar-refractivity contribution >= 4 is 32.9 Å². The lowest BCUT2D eigenvalue weighted by Crippen LogP contribution is -1.87. The highest BCUT2D eigenvalue weighted by Crippen LogP contribution is 2.27. The Morgan fingerprint density at radius 2 is 1.88 bits per heavy atom. The SMILES string of the molecule is c1ccc(-c2csc(Nc3nccs3)n2)cc1. The molecular formula is C12H9N3S2. The lowest BCUT2D eigenvalue weighted by Gasteiger charge is -1.96. The third-order valence-electron chi connectivity index (χ3n) is 2.22. The van der Waals surface area contributed by atoms with E-state index >= 15 is 0 Å². The van der Waals surface area contributed by atoms with Gasteiger partial charge in [-0.1, -0.05) is 30.3 Å². The van der Waals surface area contributed by atoms with Crippen molar-refractivity contribution in [3.8, 4) is 11.3 Å².